The van der Waals surface area contributed by atoms with Crippen LogP contribution in [0.25, 0.3) is 0 Å². The summed E-state index contributed by atoms with van der Waals surface area (Å²) in [6.45, 7) is -0.328. The first-order valence-corrected chi connectivity index (χ1v) is 9.53. The Labute approximate surface area is 154 Å². The van der Waals surface area contributed by atoms with E-state index in [1.165, 1.54) is 11.3 Å². The number of primary amides is 1. The molecule has 1 fully saturated rings. The van der Waals surface area contributed by atoms with Gasteiger partial charge in [0.05, 0.1) is 17.4 Å². The number of nitrogens with two attached hydrogens (primary N) is 1. The van der Waals surface area contributed by atoms with Gasteiger partial charge in [0.1, 0.15) is 11.5 Å². The number of hydrogen-bond acceptors (Lipinski definition) is 5. The Morgan fingerprint density at radius 1 is 1.15 bits per heavy atom. The highest BCUT2D eigenvalue weighted by Crippen LogP contribution is 2.39. The molecule has 0 saturated carbocycles. The molecule has 1 aromatic rings. The number of amides is 4. The minimum Gasteiger partial charge on any atom is -0.365 e. The molecule has 136 valence electrons. The van der Waals surface area contributed by atoms with Crippen LogP contribution in [0.2, 0.25) is 0 Å². The minimum atomic E-state index is -0.565. The van der Waals surface area contributed by atoms with Crippen LogP contribution >= 0.6 is 11.3 Å². The van der Waals surface area contributed by atoms with Crippen molar-refractivity contribution >= 4 is 40.0 Å². The van der Waals surface area contributed by atoms with E-state index < -0.39 is 11.8 Å². The fourth-order valence-electron chi connectivity index (χ4n) is 4.09. The third kappa shape index (κ3) is 2.65. The Morgan fingerprint density at radius 2 is 1.81 bits per heavy atom. The maximum Gasteiger partial charge on any atom is 0.251 e. The van der Waals surface area contributed by atoms with E-state index in [2.05, 4.69) is 5.32 Å². The lowest BCUT2D eigenvalue weighted by atomic mass is 9.85. The van der Waals surface area contributed by atoms with Crippen molar-refractivity contribution in [1.82, 2.24) is 4.90 Å². The summed E-state index contributed by atoms with van der Waals surface area (Å²) in [6.07, 6.45) is 7.51. The third-order valence-corrected chi connectivity index (χ3v) is 6.53. The molecule has 1 aliphatic heterocycles. The van der Waals surface area contributed by atoms with Gasteiger partial charge >= 0.3 is 0 Å². The number of aryl methyl sites for hydroxylation is 1. The van der Waals surface area contributed by atoms with Crippen LogP contribution in [0.3, 0.4) is 0 Å². The first-order valence-electron chi connectivity index (χ1n) is 8.71. The van der Waals surface area contributed by atoms with Crippen molar-refractivity contribution in [3.8, 4) is 0 Å². The van der Waals surface area contributed by atoms with Gasteiger partial charge in [-0.3, -0.25) is 24.1 Å². The summed E-state index contributed by atoms with van der Waals surface area (Å²) in [7, 11) is 0. The molecule has 4 amide bonds. The molecule has 0 bridgehead atoms. The number of hydrogen-bond donors (Lipinski definition) is 2. The van der Waals surface area contributed by atoms with E-state index in [1.54, 1.807) is 0 Å². The average molecular weight is 373 g/mol. The SMILES string of the molecule is NC(=O)c1c(NC(=O)CN2C(=O)C3CC=CCC3C2=O)sc2c1CCC2. The second-order valence-corrected chi connectivity index (χ2v) is 8.00. The molecule has 26 heavy (non-hydrogen) atoms. The molecule has 4 rings (SSSR count). The molecule has 1 saturated heterocycles. The first kappa shape index (κ1) is 17.0. The van der Waals surface area contributed by atoms with Crippen molar-refractivity contribution < 1.29 is 19.2 Å². The number of likely N-dealkylation sites (tertiary alicyclic amines) is 1. The van der Waals surface area contributed by atoms with E-state index >= 15 is 0 Å². The van der Waals surface area contributed by atoms with Crippen molar-refractivity contribution in [2.45, 2.75) is 32.1 Å². The summed E-state index contributed by atoms with van der Waals surface area (Å²) in [4.78, 5) is 51.3. The molecule has 0 radical (unpaired) electrons. The molecule has 2 unspecified atom stereocenters. The number of allylic oxidation sites excluding steroid dienone is 2. The van der Waals surface area contributed by atoms with Gasteiger partial charge in [-0.1, -0.05) is 12.2 Å². The molecular weight excluding hydrogens is 354 g/mol. The predicted octanol–water partition coefficient (Wildman–Crippen LogP) is 1.23. The Bertz CT molecular complexity index is 831. The van der Waals surface area contributed by atoms with Crippen molar-refractivity contribution in [1.29, 1.82) is 0 Å². The van der Waals surface area contributed by atoms with Gasteiger partial charge in [0.25, 0.3) is 5.91 Å². The summed E-state index contributed by atoms with van der Waals surface area (Å²) in [6, 6.07) is 0. The molecule has 2 atom stereocenters. The summed E-state index contributed by atoms with van der Waals surface area (Å²) >= 11 is 1.35. The first-order chi connectivity index (χ1) is 12.5. The zero-order chi connectivity index (χ0) is 18.4. The number of nitrogens with zero attached hydrogens (tertiary/aromatic N) is 1. The van der Waals surface area contributed by atoms with Gasteiger partial charge in [-0.05, 0) is 37.7 Å². The van der Waals surface area contributed by atoms with E-state index in [1.807, 2.05) is 12.2 Å². The number of fused-ring (bicyclic) bond motifs is 2. The van der Waals surface area contributed by atoms with Gasteiger partial charge in [0.2, 0.25) is 17.7 Å². The van der Waals surface area contributed by atoms with Gasteiger partial charge in [-0.15, -0.1) is 11.3 Å². The highest BCUT2D eigenvalue weighted by molar-refractivity contribution is 7.17. The Morgan fingerprint density at radius 3 is 2.42 bits per heavy atom. The Kier molecular flexibility index (Phi) is 4.14. The van der Waals surface area contributed by atoms with Crippen LogP contribution in [0.4, 0.5) is 5.00 Å². The summed E-state index contributed by atoms with van der Waals surface area (Å²) in [5.74, 6) is -2.34. The number of carbonyl (C=O) groups is 4. The summed E-state index contributed by atoms with van der Waals surface area (Å²) < 4.78 is 0. The number of rotatable bonds is 4. The van der Waals surface area contributed by atoms with E-state index in [-0.39, 0.29) is 30.2 Å². The van der Waals surface area contributed by atoms with Crippen LogP contribution in [0.15, 0.2) is 12.2 Å². The van der Waals surface area contributed by atoms with Gasteiger partial charge in [-0.25, -0.2) is 0 Å². The topological polar surface area (TPSA) is 110 Å². The number of anilines is 1. The highest BCUT2D eigenvalue weighted by Gasteiger charge is 2.47. The molecule has 3 aliphatic rings. The predicted molar refractivity (Wildman–Crippen MR) is 95.6 cm³/mol. The smallest absolute Gasteiger partial charge is 0.251 e. The second-order valence-electron chi connectivity index (χ2n) is 6.89. The maximum atomic E-state index is 12.4. The van der Waals surface area contributed by atoms with Gasteiger partial charge in [-0.2, -0.15) is 0 Å². The molecule has 7 nitrogen and oxygen atoms in total. The molecule has 8 heteroatoms. The molecule has 0 spiro atoms. The Hall–Kier alpha value is -2.48. The molecular formula is C18H19N3O4S. The summed E-state index contributed by atoms with van der Waals surface area (Å²) in [5, 5.41) is 3.11. The Balaban J connectivity index is 1.49. The lowest BCUT2D eigenvalue weighted by Gasteiger charge is -2.14. The molecule has 2 aliphatic carbocycles. The largest absolute Gasteiger partial charge is 0.365 e. The van der Waals surface area contributed by atoms with Gasteiger partial charge < -0.3 is 11.1 Å². The van der Waals surface area contributed by atoms with Crippen molar-refractivity contribution in [2.24, 2.45) is 17.6 Å². The quantitative estimate of drug-likeness (QED) is 0.611. The lowest BCUT2D eigenvalue weighted by Crippen LogP contribution is -2.38. The number of imide groups is 1. The number of thiophene rings is 1. The van der Waals surface area contributed by atoms with Crippen LogP contribution in [0, 0.1) is 11.8 Å². The van der Waals surface area contributed by atoms with E-state index in [4.69, 9.17) is 5.73 Å². The van der Waals surface area contributed by atoms with E-state index in [0.717, 1.165) is 34.6 Å². The zero-order valence-electron chi connectivity index (χ0n) is 14.1. The van der Waals surface area contributed by atoms with Crippen molar-refractivity contribution in [3.63, 3.8) is 0 Å². The van der Waals surface area contributed by atoms with Crippen LogP contribution in [0.1, 0.15) is 40.1 Å². The van der Waals surface area contributed by atoms with Gasteiger partial charge in [0, 0.05) is 4.88 Å². The van der Waals surface area contributed by atoms with Crippen LogP contribution < -0.4 is 11.1 Å². The number of nitrogens with one attached hydrogen (secondary N) is 1. The van der Waals surface area contributed by atoms with Crippen molar-refractivity contribution in [2.75, 3.05) is 11.9 Å². The standard InChI is InChI=1S/C18H19N3O4S/c19-15(23)14-11-6-3-7-12(11)26-16(14)20-13(22)8-21-17(24)9-4-1-2-5-10(9)18(21)25/h1-2,9-10H,3-8H2,(H2,19,23)(H,20,22). The zero-order valence-corrected chi connectivity index (χ0v) is 14.9. The summed E-state index contributed by atoms with van der Waals surface area (Å²) in [5.41, 5.74) is 6.77. The minimum absolute atomic E-state index is 0.289. The lowest BCUT2D eigenvalue weighted by molar-refractivity contribution is -0.142. The molecule has 2 heterocycles. The van der Waals surface area contributed by atoms with Gasteiger partial charge in [0.15, 0.2) is 0 Å². The highest BCUT2D eigenvalue weighted by atomic mass is 32.1. The van der Waals surface area contributed by atoms with E-state index in [9.17, 15) is 19.2 Å². The second kappa shape index (κ2) is 6.35. The fourth-order valence-corrected chi connectivity index (χ4v) is 5.40. The number of carbonyl (C=O) groups excluding carboxylic acids is 4. The van der Waals surface area contributed by atoms with Crippen LogP contribution in [-0.4, -0.2) is 35.1 Å². The average Bonchev–Trinajstić information content (AvgIpc) is 3.24. The van der Waals surface area contributed by atoms with Crippen LogP contribution in [0.5, 0.6) is 0 Å². The molecule has 0 aromatic carbocycles. The maximum absolute atomic E-state index is 12.4. The molecule has 1 aromatic heterocycles. The normalized spacial score (nSPS) is 23.9. The van der Waals surface area contributed by atoms with E-state index in [0.29, 0.717) is 23.4 Å². The van der Waals surface area contributed by atoms with Crippen molar-refractivity contribution in [3.05, 3.63) is 28.2 Å². The fraction of sp³-hybridized carbons (Fsp3) is 0.444. The monoisotopic (exact) mass is 373 g/mol. The third-order valence-electron chi connectivity index (χ3n) is 5.32. The van der Waals surface area contributed by atoms with Crippen LogP contribution in [-0.2, 0) is 27.2 Å². The molecule has 3 N–H and O–H groups in total.